The van der Waals surface area contributed by atoms with Crippen molar-refractivity contribution in [3.63, 3.8) is 0 Å². The third-order valence-corrected chi connectivity index (χ3v) is 2.66. The molecule has 2 aromatic carbocycles. The lowest BCUT2D eigenvalue weighted by Crippen LogP contribution is -2.12. The average molecular weight is 254 g/mol. The molecule has 1 amide bonds. The maximum absolute atomic E-state index is 13.1. The molecule has 0 saturated heterocycles. The van der Waals surface area contributed by atoms with Crippen LogP contribution in [0.2, 0.25) is 0 Å². The molecule has 0 atom stereocenters. The van der Waals surface area contributed by atoms with Crippen molar-refractivity contribution in [2.24, 2.45) is 0 Å². The highest BCUT2D eigenvalue weighted by Gasteiger charge is 2.08. The average Bonchev–Trinajstić information content (AvgIpc) is 2.41. The van der Waals surface area contributed by atoms with Crippen LogP contribution >= 0.6 is 0 Å². The summed E-state index contributed by atoms with van der Waals surface area (Å²) in [7, 11) is 0. The van der Waals surface area contributed by atoms with Gasteiger partial charge in [-0.05, 0) is 37.3 Å². The Labute approximate surface area is 110 Å². The second-order valence-electron chi connectivity index (χ2n) is 4.13. The quantitative estimate of drug-likeness (QED) is 0.894. The third kappa shape index (κ3) is 2.96. The zero-order valence-corrected chi connectivity index (χ0v) is 10.3. The molecule has 0 aliphatic heterocycles. The number of anilines is 1. The number of nitrogens with one attached hydrogen (secondary N) is 1. The molecule has 0 radical (unpaired) electrons. The minimum Gasteiger partial charge on any atom is -0.322 e. The highest BCUT2D eigenvalue weighted by Crippen LogP contribution is 2.15. The van der Waals surface area contributed by atoms with Crippen molar-refractivity contribution in [3.8, 4) is 6.07 Å². The number of carbonyl (C=O) groups is 1. The Kier molecular flexibility index (Phi) is 3.58. The number of nitriles is 1. The summed E-state index contributed by atoms with van der Waals surface area (Å²) < 4.78 is 13.1. The van der Waals surface area contributed by atoms with Crippen LogP contribution in [0.25, 0.3) is 0 Å². The lowest BCUT2D eigenvalue weighted by atomic mass is 10.1. The van der Waals surface area contributed by atoms with E-state index in [1.165, 1.54) is 12.1 Å². The molecule has 0 saturated carbocycles. The monoisotopic (exact) mass is 254 g/mol. The van der Waals surface area contributed by atoms with Crippen molar-refractivity contribution in [3.05, 3.63) is 65.0 Å². The zero-order chi connectivity index (χ0) is 13.8. The highest BCUT2D eigenvalue weighted by molar-refractivity contribution is 6.04. The first-order valence-corrected chi connectivity index (χ1v) is 5.68. The zero-order valence-electron chi connectivity index (χ0n) is 10.3. The number of amides is 1. The number of benzene rings is 2. The molecule has 1 N–H and O–H groups in total. The molecular weight excluding hydrogens is 243 g/mol. The number of hydrogen-bond donors (Lipinski definition) is 1. The maximum Gasteiger partial charge on any atom is 0.255 e. The lowest BCUT2D eigenvalue weighted by Gasteiger charge is -2.06. The van der Waals surface area contributed by atoms with Gasteiger partial charge >= 0.3 is 0 Å². The van der Waals surface area contributed by atoms with E-state index in [2.05, 4.69) is 5.32 Å². The Balaban J connectivity index is 2.20. The minimum atomic E-state index is -0.601. The molecule has 0 spiro atoms. The molecule has 0 aliphatic rings. The van der Waals surface area contributed by atoms with Gasteiger partial charge in [-0.15, -0.1) is 0 Å². The number of hydrogen-bond acceptors (Lipinski definition) is 2. The second-order valence-corrected chi connectivity index (χ2v) is 4.13. The van der Waals surface area contributed by atoms with Crippen molar-refractivity contribution in [2.75, 3.05) is 5.32 Å². The molecule has 2 aromatic rings. The van der Waals surface area contributed by atoms with Crippen LogP contribution in [0, 0.1) is 24.1 Å². The van der Waals surface area contributed by atoms with E-state index in [9.17, 15) is 9.18 Å². The van der Waals surface area contributed by atoms with Crippen molar-refractivity contribution in [1.29, 1.82) is 5.26 Å². The summed E-state index contributed by atoms with van der Waals surface area (Å²) in [5, 5.41) is 11.3. The normalized spacial score (nSPS) is 9.74. The molecule has 0 unspecified atom stereocenters. The Morgan fingerprint density at radius 2 is 1.89 bits per heavy atom. The summed E-state index contributed by atoms with van der Waals surface area (Å²) >= 11 is 0. The summed E-state index contributed by atoms with van der Waals surface area (Å²) in [6.45, 7) is 1.93. The van der Waals surface area contributed by atoms with E-state index in [1.807, 2.05) is 19.1 Å². The van der Waals surface area contributed by atoms with Crippen molar-refractivity contribution in [1.82, 2.24) is 0 Å². The number of carbonyl (C=O) groups excluding carboxylic acids is 1. The number of aryl methyl sites for hydroxylation is 1. The van der Waals surface area contributed by atoms with E-state index >= 15 is 0 Å². The van der Waals surface area contributed by atoms with E-state index in [4.69, 9.17) is 5.26 Å². The lowest BCUT2D eigenvalue weighted by molar-refractivity contribution is 0.102. The van der Waals surface area contributed by atoms with Gasteiger partial charge in [-0.25, -0.2) is 4.39 Å². The Hall–Kier alpha value is -2.67. The molecule has 19 heavy (non-hydrogen) atoms. The first-order chi connectivity index (χ1) is 9.10. The molecular formula is C15H11FN2O. The van der Waals surface area contributed by atoms with Crippen LogP contribution in [0.5, 0.6) is 0 Å². The largest absolute Gasteiger partial charge is 0.322 e. The van der Waals surface area contributed by atoms with Gasteiger partial charge in [0.1, 0.15) is 11.9 Å². The highest BCUT2D eigenvalue weighted by atomic mass is 19.1. The van der Waals surface area contributed by atoms with E-state index < -0.39 is 5.82 Å². The van der Waals surface area contributed by atoms with Crippen LogP contribution < -0.4 is 5.32 Å². The van der Waals surface area contributed by atoms with Crippen LogP contribution in [0.1, 0.15) is 21.5 Å². The van der Waals surface area contributed by atoms with Crippen molar-refractivity contribution >= 4 is 11.6 Å². The third-order valence-electron chi connectivity index (χ3n) is 2.66. The predicted molar refractivity (Wildman–Crippen MR) is 70.2 cm³/mol. The first-order valence-electron chi connectivity index (χ1n) is 5.68. The smallest absolute Gasteiger partial charge is 0.255 e. The molecule has 4 heteroatoms. The van der Waals surface area contributed by atoms with Gasteiger partial charge in [0.2, 0.25) is 0 Å². The standard InChI is InChI=1S/C15H11FN2O/c1-10-2-4-11(5-3-10)15(19)18-13-6-7-14(16)12(8-13)9-17/h2-8H,1H3,(H,18,19). The van der Waals surface area contributed by atoms with E-state index in [-0.39, 0.29) is 11.5 Å². The first kappa shape index (κ1) is 12.8. The van der Waals surface area contributed by atoms with Crippen molar-refractivity contribution < 1.29 is 9.18 Å². The Bertz CT molecular complexity index is 657. The second kappa shape index (κ2) is 5.32. The van der Waals surface area contributed by atoms with E-state index in [1.54, 1.807) is 18.2 Å². The SMILES string of the molecule is Cc1ccc(C(=O)Nc2ccc(F)c(C#N)c2)cc1. The Morgan fingerprint density at radius 3 is 2.53 bits per heavy atom. The van der Waals surface area contributed by atoms with Gasteiger partial charge in [0.05, 0.1) is 5.56 Å². The van der Waals surface area contributed by atoms with Gasteiger partial charge in [0.15, 0.2) is 0 Å². The van der Waals surface area contributed by atoms with Crippen LogP contribution in [-0.4, -0.2) is 5.91 Å². The molecule has 0 aliphatic carbocycles. The van der Waals surface area contributed by atoms with Gasteiger partial charge in [-0.1, -0.05) is 17.7 Å². The number of rotatable bonds is 2. The molecule has 0 heterocycles. The fourth-order valence-electron chi connectivity index (χ4n) is 1.60. The summed E-state index contributed by atoms with van der Waals surface area (Å²) in [5.41, 5.74) is 1.86. The van der Waals surface area contributed by atoms with E-state index in [0.29, 0.717) is 11.3 Å². The van der Waals surface area contributed by atoms with Crippen LogP contribution in [0.4, 0.5) is 10.1 Å². The molecule has 0 bridgehead atoms. The van der Waals surface area contributed by atoms with Crippen LogP contribution in [0.15, 0.2) is 42.5 Å². The van der Waals surface area contributed by atoms with Crippen LogP contribution in [-0.2, 0) is 0 Å². The maximum atomic E-state index is 13.1. The molecule has 3 nitrogen and oxygen atoms in total. The molecule has 0 aromatic heterocycles. The molecule has 0 fully saturated rings. The summed E-state index contributed by atoms with van der Waals surface area (Å²) in [6.07, 6.45) is 0. The van der Waals surface area contributed by atoms with E-state index in [0.717, 1.165) is 11.6 Å². The van der Waals surface area contributed by atoms with Gasteiger partial charge in [0.25, 0.3) is 5.91 Å². The number of nitrogens with zero attached hydrogens (tertiary/aromatic N) is 1. The van der Waals surface area contributed by atoms with Gasteiger partial charge in [0, 0.05) is 11.3 Å². The fourth-order valence-corrected chi connectivity index (χ4v) is 1.60. The van der Waals surface area contributed by atoms with Gasteiger partial charge < -0.3 is 5.32 Å². The van der Waals surface area contributed by atoms with Gasteiger partial charge in [-0.2, -0.15) is 5.26 Å². The topological polar surface area (TPSA) is 52.9 Å². The van der Waals surface area contributed by atoms with Crippen LogP contribution in [0.3, 0.4) is 0 Å². The molecule has 94 valence electrons. The Morgan fingerprint density at radius 1 is 1.21 bits per heavy atom. The predicted octanol–water partition coefficient (Wildman–Crippen LogP) is 3.26. The van der Waals surface area contributed by atoms with Gasteiger partial charge in [-0.3, -0.25) is 4.79 Å². The number of halogens is 1. The van der Waals surface area contributed by atoms with Crippen molar-refractivity contribution in [2.45, 2.75) is 6.92 Å². The molecule has 2 rings (SSSR count). The summed E-state index contributed by atoms with van der Waals surface area (Å²) in [4.78, 5) is 11.9. The summed E-state index contributed by atoms with van der Waals surface area (Å²) in [6, 6.07) is 12.7. The fraction of sp³-hybridized carbons (Fsp3) is 0.0667. The minimum absolute atomic E-state index is 0.0956. The summed E-state index contributed by atoms with van der Waals surface area (Å²) in [5.74, 6) is -0.897.